The Kier molecular flexibility index (Phi) is 6.88. The fourth-order valence-electron chi connectivity index (χ4n) is 1.44. The van der Waals surface area contributed by atoms with Gasteiger partial charge in [-0.05, 0) is 19.1 Å². The van der Waals surface area contributed by atoms with Crippen LogP contribution in [-0.4, -0.2) is 42.6 Å². The zero-order chi connectivity index (χ0) is 15.1. The number of halogens is 1. The zero-order valence-electron chi connectivity index (χ0n) is 11.9. The van der Waals surface area contributed by atoms with Crippen LogP contribution in [0.1, 0.15) is 13.3 Å². The molecule has 0 saturated heterocycles. The molecule has 1 atom stereocenters. The third-order valence-corrected chi connectivity index (χ3v) is 4.27. The second-order valence-electron chi connectivity index (χ2n) is 4.52. The molecular weight excluding hydrogens is 296 g/mol. The highest BCUT2D eigenvalue weighted by atomic mass is 35.5. The van der Waals surface area contributed by atoms with E-state index in [0.29, 0.717) is 18.0 Å². The molecule has 0 spiro atoms. The highest BCUT2D eigenvalue weighted by Gasteiger charge is 2.15. The molecule has 2 amide bonds. The Bertz CT molecular complexity index is 480. The monoisotopic (exact) mass is 314 g/mol. The number of carbonyl (C=O) groups is 2. The SMILES string of the molecule is C[C@@H](Sc1ccccc1Cl)C(=O)NCCC(=O)N(C)C. The van der Waals surface area contributed by atoms with Crippen LogP contribution in [0.2, 0.25) is 5.02 Å². The van der Waals surface area contributed by atoms with E-state index in [1.807, 2.05) is 25.1 Å². The molecule has 1 aromatic carbocycles. The molecule has 1 rings (SSSR count). The van der Waals surface area contributed by atoms with Gasteiger partial charge in [-0.1, -0.05) is 23.7 Å². The Morgan fingerprint density at radius 3 is 2.60 bits per heavy atom. The van der Waals surface area contributed by atoms with E-state index in [2.05, 4.69) is 5.32 Å². The second kappa shape index (κ2) is 8.17. The first-order valence-corrected chi connectivity index (χ1v) is 7.56. The lowest BCUT2D eigenvalue weighted by molar-refractivity contribution is -0.128. The summed E-state index contributed by atoms with van der Waals surface area (Å²) in [5, 5.41) is 3.14. The Labute approximate surface area is 128 Å². The van der Waals surface area contributed by atoms with Gasteiger partial charge in [0.05, 0.1) is 10.3 Å². The van der Waals surface area contributed by atoms with E-state index in [0.717, 1.165) is 4.90 Å². The highest BCUT2D eigenvalue weighted by Crippen LogP contribution is 2.29. The first-order valence-electron chi connectivity index (χ1n) is 6.31. The first-order chi connectivity index (χ1) is 9.41. The number of hydrogen-bond donors (Lipinski definition) is 1. The molecule has 0 aliphatic carbocycles. The quantitative estimate of drug-likeness (QED) is 0.820. The van der Waals surface area contributed by atoms with Crippen LogP contribution in [0.15, 0.2) is 29.2 Å². The molecule has 0 bridgehead atoms. The number of amides is 2. The van der Waals surface area contributed by atoms with Gasteiger partial charge in [0.2, 0.25) is 11.8 Å². The Morgan fingerprint density at radius 2 is 2.00 bits per heavy atom. The summed E-state index contributed by atoms with van der Waals surface area (Å²) in [6, 6.07) is 7.41. The van der Waals surface area contributed by atoms with E-state index >= 15 is 0 Å². The zero-order valence-corrected chi connectivity index (χ0v) is 13.4. The van der Waals surface area contributed by atoms with Crippen LogP contribution < -0.4 is 5.32 Å². The van der Waals surface area contributed by atoms with Crippen molar-refractivity contribution in [2.75, 3.05) is 20.6 Å². The van der Waals surface area contributed by atoms with Gasteiger partial charge >= 0.3 is 0 Å². The van der Waals surface area contributed by atoms with Crippen LogP contribution in [0.5, 0.6) is 0 Å². The molecule has 0 fully saturated rings. The van der Waals surface area contributed by atoms with Crippen molar-refractivity contribution in [2.24, 2.45) is 0 Å². The lowest BCUT2D eigenvalue weighted by Crippen LogP contribution is -2.34. The fourth-order valence-corrected chi connectivity index (χ4v) is 2.62. The lowest BCUT2D eigenvalue weighted by Gasteiger charge is -2.14. The van der Waals surface area contributed by atoms with E-state index in [9.17, 15) is 9.59 Å². The highest BCUT2D eigenvalue weighted by molar-refractivity contribution is 8.00. The number of nitrogens with zero attached hydrogens (tertiary/aromatic N) is 1. The molecular formula is C14H19ClN2O2S. The predicted molar refractivity (Wildman–Crippen MR) is 83.1 cm³/mol. The van der Waals surface area contributed by atoms with E-state index in [1.54, 1.807) is 20.2 Å². The molecule has 0 unspecified atom stereocenters. The average Bonchev–Trinajstić information content (AvgIpc) is 2.40. The third-order valence-electron chi connectivity index (χ3n) is 2.65. The average molecular weight is 315 g/mol. The van der Waals surface area contributed by atoms with Gasteiger partial charge in [0.15, 0.2) is 0 Å². The number of carbonyl (C=O) groups excluding carboxylic acids is 2. The normalized spacial score (nSPS) is 11.8. The number of rotatable bonds is 6. The minimum atomic E-state index is -0.260. The maximum Gasteiger partial charge on any atom is 0.233 e. The molecule has 1 aromatic rings. The number of hydrogen-bond acceptors (Lipinski definition) is 3. The Hall–Kier alpha value is -1.20. The molecule has 6 heteroatoms. The van der Waals surface area contributed by atoms with Crippen molar-refractivity contribution >= 4 is 35.2 Å². The van der Waals surface area contributed by atoms with Gasteiger partial charge in [0.25, 0.3) is 0 Å². The summed E-state index contributed by atoms with van der Waals surface area (Å²) in [7, 11) is 3.39. The molecule has 0 aromatic heterocycles. The van der Waals surface area contributed by atoms with Gasteiger partial charge in [-0.3, -0.25) is 9.59 Å². The summed E-state index contributed by atoms with van der Waals surface area (Å²) in [6.07, 6.45) is 0.308. The summed E-state index contributed by atoms with van der Waals surface area (Å²) in [4.78, 5) is 25.7. The van der Waals surface area contributed by atoms with Crippen LogP contribution in [0.4, 0.5) is 0 Å². The van der Waals surface area contributed by atoms with Crippen molar-refractivity contribution in [3.8, 4) is 0 Å². The number of nitrogens with one attached hydrogen (secondary N) is 1. The van der Waals surface area contributed by atoms with Crippen LogP contribution in [0.3, 0.4) is 0 Å². The maximum absolute atomic E-state index is 11.9. The molecule has 0 aliphatic rings. The van der Waals surface area contributed by atoms with E-state index in [1.165, 1.54) is 16.7 Å². The van der Waals surface area contributed by atoms with Gasteiger partial charge in [0.1, 0.15) is 0 Å². The van der Waals surface area contributed by atoms with Crippen LogP contribution in [0, 0.1) is 0 Å². The third kappa shape index (κ3) is 5.43. The van der Waals surface area contributed by atoms with Gasteiger partial charge in [-0.15, -0.1) is 11.8 Å². The van der Waals surface area contributed by atoms with Crippen LogP contribution in [0.25, 0.3) is 0 Å². The topological polar surface area (TPSA) is 49.4 Å². The molecule has 20 heavy (non-hydrogen) atoms. The minimum Gasteiger partial charge on any atom is -0.355 e. The van der Waals surface area contributed by atoms with Gasteiger partial charge in [-0.25, -0.2) is 0 Å². The largest absolute Gasteiger partial charge is 0.355 e. The fraction of sp³-hybridized carbons (Fsp3) is 0.429. The number of thioether (sulfide) groups is 1. The molecule has 1 N–H and O–H groups in total. The van der Waals surface area contributed by atoms with Crippen LogP contribution >= 0.6 is 23.4 Å². The minimum absolute atomic E-state index is 0.00305. The molecule has 0 heterocycles. The van der Waals surface area contributed by atoms with E-state index < -0.39 is 0 Å². The Balaban J connectivity index is 2.40. The van der Waals surface area contributed by atoms with Gasteiger partial charge in [0, 0.05) is 32.0 Å². The van der Waals surface area contributed by atoms with Crippen molar-refractivity contribution in [3.63, 3.8) is 0 Å². The first kappa shape index (κ1) is 16.9. The predicted octanol–water partition coefficient (Wildman–Crippen LogP) is 2.42. The molecule has 0 saturated carbocycles. The smallest absolute Gasteiger partial charge is 0.233 e. The van der Waals surface area contributed by atoms with Crippen molar-refractivity contribution in [1.82, 2.24) is 10.2 Å². The molecule has 4 nitrogen and oxygen atoms in total. The van der Waals surface area contributed by atoms with Crippen molar-refractivity contribution in [2.45, 2.75) is 23.5 Å². The molecule has 0 aliphatic heterocycles. The second-order valence-corrected chi connectivity index (χ2v) is 6.31. The Morgan fingerprint density at radius 1 is 1.35 bits per heavy atom. The molecule has 0 radical (unpaired) electrons. The van der Waals surface area contributed by atoms with Gasteiger partial charge in [-0.2, -0.15) is 0 Å². The van der Waals surface area contributed by atoms with Crippen molar-refractivity contribution < 1.29 is 9.59 Å². The summed E-state index contributed by atoms with van der Waals surface area (Å²) in [6.45, 7) is 2.17. The van der Waals surface area contributed by atoms with Crippen molar-refractivity contribution in [1.29, 1.82) is 0 Å². The van der Waals surface area contributed by atoms with Crippen molar-refractivity contribution in [3.05, 3.63) is 29.3 Å². The maximum atomic E-state index is 11.9. The summed E-state index contributed by atoms with van der Waals surface area (Å²) in [5.74, 6) is -0.0989. The number of benzene rings is 1. The van der Waals surface area contributed by atoms with Gasteiger partial charge < -0.3 is 10.2 Å². The summed E-state index contributed by atoms with van der Waals surface area (Å²) < 4.78 is 0. The molecule has 110 valence electrons. The lowest BCUT2D eigenvalue weighted by atomic mass is 10.3. The van der Waals surface area contributed by atoms with Crippen LogP contribution in [-0.2, 0) is 9.59 Å². The summed E-state index contributed by atoms with van der Waals surface area (Å²) >= 11 is 7.46. The van der Waals surface area contributed by atoms with E-state index in [-0.39, 0.29) is 17.1 Å². The van der Waals surface area contributed by atoms with E-state index in [4.69, 9.17) is 11.6 Å². The standard InChI is InChI=1S/C14H19ClN2O2S/c1-10(20-12-7-5-4-6-11(12)15)14(19)16-9-8-13(18)17(2)3/h4-7,10H,8-9H2,1-3H3,(H,16,19)/t10-/m1/s1. The summed E-state index contributed by atoms with van der Waals surface area (Å²) in [5.41, 5.74) is 0.